The zero-order chi connectivity index (χ0) is 28.8. The molecule has 4 aromatic rings. The number of piperazine rings is 1. The number of carbonyl (C=O) groups is 1. The van der Waals surface area contributed by atoms with Crippen molar-refractivity contribution in [3.05, 3.63) is 66.1 Å². The summed E-state index contributed by atoms with van der Waals surface area (Å²) in [7, 11) is 2.12. The first-order chi connectivity index (χ1) is 20.0. The van der Waals surface area contributed by atoms with Gasteiger partial charge >= 0.3 is 0 Å². The number of aryl methyl sites for hydroxylation is 1. The smallest absolute Gasteiger partial charge is 0.248 e. The number of carbonyl (C=O) groups excluding carboxylic acids is 1. The largest absolute Gasteiger partial charge is 0.492 e. The normalized spacial score (nSPS) is 14.4. The molecule has 1 saturated heterocycles. The van der Waals surface area contributed by atoms with Gasteiger partial charge in [-0.1, -0.05) is 13.0 Å². The summed E-state index contributed by atoms with van der Waals surface area (Å²) in [5.74, 6) is 0.271. The fourth-order valence-corrected chi connectivity index (χ4v) is 4.92. The quantitative estimate of drug-likeness (QED) is 0.290. The first-order valence-electron chi connectivity index (χ1n) is 13.9. The van der Waals surface area contributed by atoms with Crippen LogP contribution in [0.3, 0.4) is 0 Å². The molecule has 2 aromatic carbocycles. The third-order valence-electron chi connectivity index (χ3n) is 7.13. The van der Waals surface area contributed by atoms with Crippen molar-refractivity contribution in [2.75, 3.05) is 57.0 Å². The van der Waals surface area contributed by atoms with E-state index in [0.717, 1.165) is 49.4 Å². The molecule has 1 aliphatic rings. The number of pyridine rings is 1. The summed E-state index contributed by atoms with van der Waals surface area (Å²) in [6.07, 6.45) is 7.33. The average Bonchev–Trinajstić information content (AvgIpc) is 2.98. The zero-order valence-corrected chi connectivity index (χ0v) is 23.6. The third-order valence-corrected chi connectivity index (χ3v) is 7.13. The molecule has 0 radical (unpaired) electrons. The Morgan fingerprint density at radius 2 is 1.85 bits per heavy atom. The van der Waals surface area contributed by atoms with Crippen molar-refractivity contribution in [3.8, 4) is 11.8 Å². The summed E-state index contributed by atoms with van der Waals surface area (Å²) in [5, 5.41) is 17.3. The zero-order valence-electron chi connectivity index (χ0n) is 23.6. The highest BCUT2D eigenvalue weighted by atomic mass is 16.5. The Labute approximate surface area is 239 Å². The molecule has 3 heterocycles. The molecule has 0 bridgehead atoms. The van der Waals surface area contributed by atoms with Gasteiger partial charge in [-0.25, -0.2) is 0 Å². The van der Waals surface area contributed by atoms with Crippen LogP contribution in [0.2, 0.25) is 0 Å². The Morgan fingerprint density at radius 3 is 2.59 bits per heavy atom. The van der Waals surface area contributed by atoms with Crippen LogP contribution in [-0.4, -0.2) is 77.0 Å². The van der Waals surface area contributed by atoms with Gasteiger partial charge in [0, 0.05) is 68.3 Å². The fraction of sp³-hybridized carbons (Fsp3) is 0.323. The summed E-state index contributed by atoms with van der Waals surface area (Å²) in [6.45, 7) is 9.02. The van der Waals surface area contributed by atoms with Gasteiger partial charge in [0.1, 0.15) is 11.8 Å². The Bertz CT molecular complexity index is 1640. The van der Waals surface area contributed by atoms with Gasteiger partial charge in [-0.05, 0) is 44.7 Å². The van der Waals surface area contributed by atoms with Gasteiger partial charge in [-0.2, -0.15) is 5.26 Å². The molecular weight excluding hydrogens is 516 g/mol. The summed E-state index contributed by atoms with van der Waals surface area (Å²) < 4.78 is 5.90. The molecule has 10 nitrogen and oxygen atoms in total. The number of ether oxygens (including phenoxy) is 1. The minimum atomic E-state index is -0.249. The van der Waals surface area contributed by atoms with Crippen LogP contribution in [-0.2, 0) is 11.2 Å². The standard InChI is InChI=1S/C31H34N8O2/c1-4-24-23(20-32)31(35-21-8-9-25-27(17-21)34-11-10-33-25)22-18-28(29(41-5-2)19-26(22)36-24)37-30(40)7-6-12-39-15-13-38(3)14-16-39/h6-11,17-19H,4-5,12-16H2,1-3H3,(H,35,36)(H,37,40)/b7-6+. The maximum Gasteiger partial charge on any atom is 0.248 e. The molecule has 0 atom stereocenters. The third kappa shape index (κ3) is 6.43. The molecule has 1 amide bonds. The van der Waals surface area contributed by atoms with Gasteiger partial charge in [-0.3, -0.25) is 24.6 Å². The van der Waals surface area contributed by atoms with Crippen LogP contribution in [0, 0.1) is 11.3 Å². The lowest BCUT2D eigenvalue weighted by molar-refractivity contribution is -0.111. The van der Waals surface area contributed by atoms with Gasteiger partial charge in [0.25, 0.3) is 0 Å². The number of fused-ring (bicyclic) bond motifs is 2. The second-order valence-electron chi connectivity index (χ2n) is 9.95. The molecule has 0 unspecified atom stereocenters. The van der Waals surface area contributed by atoms with Crippen LogP contribution in [0.5, 0.6) is 5.75 Å². The molecule has 0 spiro atoms. The van der Waals surface area contributed by atoms with Crippen molar-refractivity contribution < 1.29 is 9.53 Å². The van der Waals surface area contributed by atoms with Crippen LogP contribution in [0.1, 0.15) is 25.1 Å². The number of nitrogens with one attached hydrogen (secondary N) is 2. The van der Waals surface area contributed by atoms with E-state index in [2.05, 4.69) is 43.5 Å². The number of benzene rings is 2. The number of aromatic nitrogens is 3. The second kappa shape index (κ2) is 12.7. The topological polar surface area (TPSA) is 119 Å². The Hall–Kier alpha value is -4.59. The first kappa shape index (κ1) is 28.0. The Kier molecular flexibility index (Phi) is 8.67. The molecule has 0 aliphatic carbocycles. The number of hydrogen-bond acceptors (Lipinski definition) is 9. The molecule has 210 valence electrons. The highest BCUT2D eigenvalue weighted by molar-refractivity contribution is 6.05. The molecule has 10 heteroatoms. The van der Waals surface area contributed by atoms with E-state index in [9.17, 15) is 10.1 Å². The molecular formula is C31H34N8O2. The molecule has 5 rings (SSSR count). The van der Waals surface area contributed by atoms with Gasteiger partial charge in [0.15, 0.2) is 0 Å². The van der Waals surface area contributed by atoms with Gasteiger partial charge < -0.3 is 20.3 Å². The average molecular weight is 551 g/mol. The monoisotopic (exact) mass is 550 g/mol. The van der Waals surface area contributed by atoms with E-state index in [1.54, 1.807) is 18.5 Å². The predicted molar refractivity (Wildman–Crippen MR) is 162 cm³/mol. The molecule has 2 N–H and O–H groups in total. The summed E-state index contributed by atoms with van der Waals surface area (Å²) >= 11 is 0. The van der Waals surface area contributed by atoms with E-state index >= 15 is 0 Å². The molecule has 1 aliphatic heterocycles. The summed E-state index contributed by atoms with van der Waals surface area (Å²) in [6, 6.07) is 11.7. The van der Waals surface area contributed by atoms with Crippen molar-refractivity contribution in [2.45, 2.75) is 20.3 Å². The highest BCUT2D eigenvalue weighted by Crippen LogP contribution is 2.37. The lowest BCUT2D eigenvalue weighted by atomic mass is 10.0. The molecule has 41 heavy (non-hydrogen) atoms. The van der Waals surface area contributed by atoms with Crippen LogP contribution in [0.4, 0.5) is 17.1 Å². The van der Waals surface area contributed by atoms with E-state index in [-0.39, 0.29) is 5.91 Å². The maximum absolute atomic E-state index is 12.9. The number of likely N-dealkylation sites (N-methyl/N-ethyl adjacent to an activating group) is 1. The van der Waals surface area contributed by atoms with Gasteiger partial charge in [0.2, 0.25) is 5.91 Å². The van der Waals surface area contributed by atoms with Gasteiger partial charge in [-0.15, -0.1) is 0 Å². The van der Waals surface area contributed by atoms with Crippen LogP contribution < -0.4 is 15.4 Å². The van der Waals surface area contributed by atoms with Crippen molar-refractivity contribution in [1.82, 2.24) is 24.8 Å². The van der Waals surface area contributed by atoms with Crippen molar-refractivity contribution in [1.29, 1.82) is 5.26 Å². The first-order valence-corrected chi connectivity index (χ1v) is 13.9. The fourth-order valence-electron chi connectivity index (χ4n) is 4.92. The minimum absolute atomic E-state index is 0.249. The Balaban J connectivity index is 1.49. The SMILES string of the molecule is CCOc1cc2nc(CC)c(C#N)c(Nc3ccc4nccnc4c3)c2cc1NC(=O)/C=C/CN1CCN(C)CC1. The number of nitrogens with zero attached hydrogens (tertiary/aromatic N) is 6. The molecule has 0 saturated carbocycles. The summed E-state index contributed by atoms with van der Waals surface area (Å²) in [4.78, 5) is 31.1. The van der Waals surface area contributed by atoms with E-state index < -0.39 is 0 Å². The van der Waals surface area contributed by atoms with Crippen LogP contribution in [0.15, 0.2) is 54.9 Å². The summed E-state index contributed by atoms with van der Waals surface area (Å²) in [5.41, 5.74) is 5.19. The Morgan fingerprint density at radius 1 is 1.07 bits per heavy atom. The number of anilines is 3. The van der Waals surface area contributed by atoms with E-state index in [0.29, 0.717) is 52.3 Å². The predicted octanol–water partition coefficient (Wildman–Crippen LogP) is 4.50. The van der Waals surface area contributed by atoms with Crippen molar-refractivity contribution in [2.24, 2.45) is 0 Å². The number of amides is 1. The maximum atomic E-state index is 12.9. The minimum Gasteiger partial charge on any atom is -0.492 e. The van der Waals surface area contributed by atoms with Crippen LogP contribution >= 0.6 is 0 Å². The van der Waals surface area contributed by atoms with E-state index in [1.807, 2.05) is 50.3 Å². The van der Waals surface area contributed by atoms with E-state index in [1.165, 1.54) is 0 Å². The number of nitriles is 1. The second-order valence-corrected chi connectivity index (χ2v) is 9.95. The number of hydrogen-bond donors (Lipinski definition) is 2. The lowest BCUT2D eigenvalue weighted by Gasteiger charge is -2.31. The number of rotatable bonds is 9. The highest BCUT2D eigenvalue weighted by Gasteiger charge is 2.19. The van der Waals surface area contributed by atoms with Gasteiger partial charge in [0.05, 0.1) is 45.8 Å². The van der Waals surface area contributed by atoms with E-state index in [4.69, 9.17) is 9.72 Å². The van der Waals surface area contributed by atoms with Crippen molar-refractivity contribution >= 4 is 44.9 Å². The van der Waals surface area contributed by atoms with Crippen LogP contribution in [0.25, 0.3) is 21.9 Å². The lowest BCUT2D eigenvalue weighted by Crippen LogP contribution is -2.44. The van der Waals surface area contributed by atoms with Crippen molar-refractivity contribution in [3.63, 3.8) is 0 Å². The molecule has 2 aromatic heterocycles. The molecule has 1 fully saturated rings.